The van der Waals surface area contributed by atoms with Gasteiger partial charge in [0.25, 0.3) is 0 Å². The summed E-state index contributed by atoms with van der Waals surface area (Å²) >= 11 is 0. The lowest BCUT2D eigenvalue weighted by Gasteiger charge is -2.36. The van der Waals surface area contributed by atoms with Gasteiger partial charge in [-0.1, -0.05) is 0 Å². The fourth-order valence-corrected chi connectivity index (χ4v) is 2.84. The zero-order valence-electron chi connectivity index (χ0n) is 11.0. The van der Waals surface area contributed by atoms with Crippen LogP contribution in [0.4, 0.5) is 13.6 Å². The van der Waals surface area contributed by atoms with Crippen LogP contribution in [0, 0.1) is 5.92 Å². The molecule has 1 N–H and O–H groups in total. The summed E-state index contributed by atoms with van der Waals surface area (Å²) in [7, 11) is 0. The van der Waals surface area contributed by atoms with Gasteiger partial charge in [-0.25, -0.2) is 18.4 Å². The molecule has 0 radical (unpaired) electrons. The average molecular weight is 277 g/mol. The summed E-state index contributed by atoms with van der Waals surface area (Å²) in [6.45, 7) is 4.87. The summed E-state index contributed by atoms with van der Waals surface area (Å²) in [6, 6.07) is -2.39. The molecule has 1 aliphatic heterocycles. The summed E-state index contributed by atoms with van der Waals surface area (Å²) in [5, 5.41) is 9.12. The molecule has 1 amide bonds. The number of hydrogen-bond donors (Lipinski definition) is 1. The predicted octanol–water partition coefficient (Wildman–Crippen LogP) is 1.76. The Balaban J connectivity index is 2.23. The van der Waals surface area contributed by atoms with Crippen molar-refractivity contribution < 1.29 is 28.2 Å². The van der Waals surface area contributed by atoms with Crippen LogP contribution < -0.4 is 0 Å². The van der Waals surface area contributed by atoms with Crippen molar-refractivity contribution in [2.24, 2.45) is 5.92 Å². The number of carboxylic acid groups (broad SMARTS) is 1. The lowest BCUT2D eigenvalue weighted by Crippen LogP contribution is -2.57. The van der Waals surface area contributed by atoms with E-state index in [9.17, 15) is 18.4 Å². The Kier molecular flexibility index (Phi) is 3.18. The van der Waals surface area contributed by atoms with Crippen molar-refractivity contribution in [3.8, 4) is 0 Å². The van der Waals surface area contributed by atoms with Crippen molar-refractivity contribution in [2.75, 3.05) is 0 Å². The van der Waals surface area contributed by atoms with Gasteiger partial charge in [0, 0.05) is 5.92 Å². The fourth-order valence-electron chi connectivity index (χ4n) is 2.84. The van der Waals surface area contributed by atoms with Gasteiger partial charge >= 0.3 is 12.1 Å². The number of carbonyl (C=O) groups is 2. The zero-order valence-corrected chi connectivity index (χ0v) is 11.0. The maximum absolute atomic E-state index is 13.7. The van der Waals surface area contributed by atoms with Crippen molar-refractivity contribution >= 4 is 12.1 Å². The quantitative estimate of drug-likeness (QED) is 0.793. The number of likely N-dealkylation sites (tertiary alicyclic amines) is 1. The van der Waals surface area contributed by atoms with Crippen LogP contribution in [0.5, 0.6) is 0 Å². The lowest BCUT2D eigenvalue weighted by molar-refractivity contribution is -0.147. The van der Waals surface area contributed by atoms with Crippen LogP contribution in [-0.2, 0) is 9.53 Å². The van der Waals surface area contributed by atoms with Crippen LogP contribution in [0.25, 0.3) is 0 Å². The summed E-state index contributed by atoms with van der Waals surface area (Å²) in [5.41, 5.74) is -0.817. The third-order valence-corrected chi connectivity index (χ3v) is 3.51. The third-order valence-electron chi connectivity index (χ3n) is 3.51. The highest BCUT2D eigenvalue weighted by Crippen LogP contribution is 2.46. The number of amides is 1. The van der Waals surface area contributed by atoms with Crippen molar-refractivity contribution in [3.63, 3.8) is 0 Å². The van der Waals surface area contributed by atoms with Crippen LogP contribution in [0.2, 0.25) is 0 Å². The molecule has 4 unspecified atom stereocenters. The molecule has 2 bridgehead atoms. The van der Waals surface area contributed by atoms with Gasteiger partial charge in [0.1, 0.15) is 17.8 Å². The Morgan fingerprint density at radius 3 is 2.32 bits per heavy atom. The van der Waals surface area contributed by atoms with Crippen LogP contribution in [0.1, 0.15) is 27.2 Å². The van der Waals surface area contributed by atoms with Gasteiger partial charge in [0.15, 0.2) is 6.17 Å². The van der Waals surface area contributed by atoms with Crippen molar-refractivity contribution in [3.05, 3.63) is 0 Å². The summed E-state index contributed by atoms with van der Waals surface area (Å²) in [5.74, 6) is -2.32. The molecule has 5 atom stereocenters. The summed E-state index contributed by atoms with van der Waals surface area (Å²) in [6.07, 6.45) is -4.54. The highest BCUT2D eigenvalue weighted by atomic mass is 19.2. The highest BCUT2D eigenvalue weighted by molar-refractivity contribution is 5.82. The maximum Gasteiger partial charge on any atom is 0.411 e. The number of ether oxygens (including phenoxy) is 1. The number of nitrogens with zero attached hydrogens (tertiary/aromatic N) is 1. The van der Waals surface area contributed by atoms with Crippen LogP contribution in [0.3, 0.4) is 0 Å². The molecule has 108 valence electrons. The van der Waals surface area contributed by atoms with Crippen LogP contribution in [-0.4, -0.2) is 52.1 Å². The van der Waals surface area contributed by atoms with E-state index >= 15 is 0 Å². The minimum Gasteiger partial charge on any atom is -0.480 e. The van der Waals surface area contributed by atoms with E-state index in [2.05, 4.69) is 0 Å². The van der Waals surface area contributed by atoms with Gasteiger partial charge in [-0.05, 0) is 27.2 Å². The van der Waals surface area contributed by atoms with E-state index in [-0.39, 0.29) is 6.42 Å². The smallest absolute Gasteiger partial charge is 0.411 e. The summed E-state index contributed by atoms with van der Waals surface area (Å²) < 4.78 is 32.3. The molecule has 0 aromatic heterocycles. The van der Waals surface area contributed by atoms with Gasteiger partial charge in [-0.3, -0.25) is 4.90 Å². The number of piperidine rings is 1. The number of carbonyl (C=O) groups excluding carboxylic acids is 1. The minimum atomic E-state index is -1.84. The SMILES string of the molecule is CC(C)(C)OC(=O)N1C2CC(C(F)C2F)[C@H]1C(=O)O. The molecule has 2 aliphatic rings. The Labute approximate surface area is 109 Å². The van der Waals surface area contributed by atoms with E-state index in [1.807, 2.05) is 0 Å². The molecule has 1 aliphatic carbocycles. The highest BCUT2D eigenvalue weighted by Gasteiger charge is 2.63. The van der Waals surface area contributed by atoms with E-state index < -0.39 is 48.0 Å². The molecule has 0 aromatic carbocycles. The van der Waals surface area contributed by atoms with E-state index in [4.69, 9.17) is 9.84 Å². The molecule has 19 heavy (non-hydrogen) atoms. The zero-order chi connectivity index (χ0) is 14.5. The molecular formula is C12H17F2NO4. The van der Waals surface area contributed by atoms with Crippen molar-refractivity contribution in [1.82, 2.24) is 4.90 Å². The second-order valence-electron chi connectivity index (χ2n) is 6.03. The molecular weight excluding hydrogens is 260 g/mol. The lowest BCUT2D eigenvalue weighted by atomic mass is 9.96. The number of fused-ring (bicyclic) bond motifs is 2. The van der Waals surface area contributed by atoms with Gasteiger partial charge in [0.05, 0.1) is 6.04 Å². The van der Waals surface area contributed by atoms with E-state index in [0.717, 1.165) is 4.90 Å². The standard InChI is InChI=1S/C12H17F2NO4/c1-12(2,3)19-11(18)15-6-4-5(7(13)8(6)14)9(15)10(16)17/h5-9H,4H2,1-3H3,(H,16,17)/t5?,6?,7?,8?,9-/m0/s1. The molecule has 1 saturated heterocycles. The van der Waals surface area contributed by atoms with Gasteiger partial charge in [0.2, 0.25) is 0 Å². The number of aliphatic carboxylic acids is 1. The molecule has 2 rings (SSSR count). The number of rotatable bonds is 1. The second-order valence-corrected chi connectivity index (χ2v) is 6.03. The predicted molar refractivity (Wildman–Crippen MR) is 61.2 cm³/mol. The first-order chi connectivity index (χ1) is 8.63. The largest absolute Gasteiger partial charge is 0.480 e. The number of alkyl halides is 2. The first kappa shape index (κ1) is 14.0. The van der Waals surface area contributed by atoms with Crippen molar-refractivity contribution in [2.45, 2.75) is 57.2 Å². The van der Waals surface area contributed by atoms with E-state index in [1.54, 1.807) is 20.8 Å². The Hall–Kier alpha value is -1.40. The van der Waals surface area contributed by atoms with Crippen LogP contribution >= 0.6 is 0 Å². The monoisotopic (exact) mass is 277 g/mol. The number of hydrogen-bond acceptors (Lipinski definition) is 3. The Bertz CT molecular complexity index is 409. The van der Waals surface area contributed by atoms with Gasteiger partial charge in [-0.15, -0.1) is 0 Å². The normalized spacial score (nSPS) is 37.5. The number of carboxylic acids is 1. The van der Waals surface area contributed by atoms with Crippen molar-refractivity contribution in [1.29, 1.82) is 0 Å². The van der Waals surface area contributed by atoms with Crippen LogP contribution in [0.15, 0.2) is 0 Å². The first-order valence-electron chi connectivity index (χ1n) is 6.16. The third kappa shape index (κ3) is 2.26. The molecule has 1 heterocycles. The average Bonchev–Trinajstić information content (AvgIpc) is 2.74. The Morgan fingerprint density at radius 2 is 1.84 bits per heavy atom. The maximum atomic E-state index is 13.7. The van der Waals surface area contributed by atoms with Gasteiger partial charge < -0.3 is 9.84 Å². The topological polar surface area (TPSA) is 66.8 Å². The van der Waals surface area contributed by atoms with E-state index in [1.165, 1.54) is 0 Å². The number of halogens is 2. The second kappa shape index (κ2) is 4.31. The molecule has 5 nitrogen and oxygen atoms in total. The molecule has 2 fully saturated rings. The summed E-state index contributed by atoms with van der Waals surface area (Å²) in [4.78, 5) is 24.0. The fraction of sp³-hybridized carbons (Fsp3) is 0.833. The molecule has 0 aromatic rings. The minimum absolute atomic E-state index is 0.0263. The molecule has 0 spiro atoms. The van der Waals surface area contributed by atoms with E-state index in [0.29, 0.717) is 0 Å². The molecule has 1 saturated carbocycles. The first-order valence-corrected chi connectivity index (χ1v) is 6.16. The Morgan fingerprint density at radius 1 is 1.26 bits per heavy atom. The van der Waals surface area contributed by atoms with Gasteiger partial charge in [-0.2, -0.15) is 0 Å². The molecule has 7 heteroatoms.